The Kier molecular flexibility index (Phi) is 7.26. The standard InChI is InChI=1S/C16H22F3NO/c1-11(2)7-5-3-4-6-8-20-16(21)12-9-13(17)15(19)14(18)10-12/h9-11H,3-8H2,1-2H3,(H,20,21). The third-order valence-corrected chi connectivity index (χ3v) is 3.24. The van der Waals surface area contributed by atoms with Gasteiger partial charge in [-0.3, -0.25) is 4.79 Å². The first kappa shape index (κ1) is 17.5. The maximum Gasteiger partial charge on any atom is 0.251 e. The zero-order valence-electron chi connectivity index (χ0n) is 12.5. The molecule has 0 saturated carbocycles. The Bertz CT molecular complexity index is 452. The number of benzene rings is 1. The van der Waals surface area contributed by atoms with Crippen molar-refractivity contribution in [3.05, 3.63) is 35.1 Å². The summed E-state index contributed by atoms with van der Waals surface area (Å²) < 4.78 is 38.8. The second-order valence-electron chi connectivity index (χ2n) is 5.61. The fraction of sp³-hybridized carbons (Fsp3) is 0.562. The van der Waals surface area contributed by atoms with Crippen LogP contribution in [0.25, 0.3) is 0 Å². The lowest BCUT2D eigenvalue weighted by Crippen LogP contribution is -2.24. The Labute approximate surface area is 123 Å². The number of hydrogen-bond acceptors (Lipinski definition) is 1. The maximum absolute atomic E-state index is 13.0. The molecule has 0 spiro atoms. The Morgan fingerprint density at radius 3 is 2.19 bits per heavy atom. The van der Waals surface area contributed by atoms with Gasteiger partial charge in [-0.25, -0.2) is 13.2 Å². The van der Waals surface area contributed by atoms with E-state index in [1.54, 1.807) is 0 Å². The number of nitrogens with one attached hydrogen (secondary N) is 1. The normalized spacial score (nSPS) is 11.0. The number of carbonyl (C=O) groups excluding carboxylic acids is 1. The first-order chi connectivity index (χ1) is 9.91. The molecule has 0 fully saturated rings. The van der Waals surface area contributed by atoms with Gasteiger partial charge in [-0.05, 0) is 24.5 Å². The third kappa shape index (κ3) is 6.19. The molecule has 0 atom stereocenters. The van der Waals surface area contributed by atoms with Crippen LogP contribution in [0.15, 0.2) is 12.1 Å². The molecule has 0 aliphatic carbocycles. The summed E-state index contributed by atoms with van der Waals surface area (Å²) in [6, 6.07) is 1.41. The third-order valence-electron chi connectivity index (χ3n) is 3.24. The molecule has 0 unspecified atom stereocenters. The van der Waals surface area contributed by atoms with E-state index in [9.17, 15) is 18.0 Å². The average molecular weight is 301 g/mol. The molecule has 2 nitrogen and oxygen atoms in total. The first-order valence-corrected chi connectivity index (χ1v) is 7.34. The van der Waals surface area contributed by atoms with Crippen molar-refractivity contribution < 1.29 is 18.0 Å². The van der Waals surface area contributed by atoms with Gasteiger partial charge in [0.1, 0.15) is 0 Å². The molecule has 21 heavy (non-hydrogen) atoms. The zero-order valence-corrected chi connectivity index (χ0v) is 12.5. The quantitative estimate of drug-likeness (QED) is 0.558. The summed E-state index contributed by atoms with van der Waals surface area (Å²) in [5, 5.41) is 2.58. The Morgan fingerprint density at radius 1 is 1.05 bits per heavy atom. The van der Waals surface area contributed by atoms with Gasteiger partial charge in [0.05, 0.1) is 0 Å². The Hall–Kier alpha value is -1.52. The van der Waals surface area contributed by atoms with Gasteiger partial charge < -0.3 is 5.32 Å². The van der Waals surface area contributed by atoms with Crippen molar-refractivity contribution in [3.8, 4) is 0 Å². The van der Waals surface area contributed by atoms with E-state index in [0.717, 1.165) is 19.3 Å². The predicted octanol–water partition coefficient (Wildman–Crippen LogP) is 4.44. The van der Waals surface area contributed by atoms with Gasteiger partial charge in [0.25, 0.3) is 5.91 Å². The van der Waals surface area contributed by atoms with Crippen LogP contribution in [0.1, 0.15) is 56.3 Å². The molecule has 0 heterocycles. The van der Waals surface area contributed by atoms with E-state index in [1.165, 1.54) is 12.8 Å². The summed E-state index contributed by atoms with van der Waals surface area (Å²) >= 11 is 0. The van der Waals surface area contributed by atoms with Crippen molar-refractivity contribution >= 4 is 5.91 Å². The number of halogens is 3. The molecule has 0 radical (unpaired) electrons. The number of unbranched alkanes of at least 4 members (excludes halogenated alkanes) is 3. The van der Waals surface area contributed by atoms with Crippen LogP contribution in [0.4, 0.5) is 13.2 Å². The van der Waals surface area contributed by atoms with E-state index in [1.807, 2.05) is 0 Å². The van der Waals surface area contributed by atoms with Gasteiger partial charge in [0.15, 0.2) is 17.5 Å². The monoisotopic (exact) mass is 301 g/mol. The second-order valence-corrected chi connectivity index (χ2v) is 5.61. The molecule has 1 aromatic rings. The van der Waals surface area contributed by atoms with E-state index in [0.29, 0.717) is 24.6 Å². The van der Waals surface area contributed by atoms with E-state index in [2.05, 4.69) is 19.2 Å². The van der Waals surface area contributed by atoms with Crippen LogP contribution < -0.4 is 5.32 Å². The van der Waals surface area contributed by atoms with Crippen LogP contribution in [0, 0.1) is 23.4 Å². The van der Waals surface area contributed by atoms with E-state index >= 15 is 0 Å². The van der Waals surface area contributed by atoms with Gasteiger partial charge in [-0.2, -0.15) is 0 Å². The molecule has 5 heteroatoms. The lowest BCUT2D eigenvalue weighted by Gasteiger charge is -2.07. The molecule has 0 saturated heterocycles. The molecule has 118 valence electrons. The highest BCUT2D eigenvalue weighted by atomic mass is 19.2. The summed E-state index contributed by atoms with van der Waals surface area (Å²) in [5.41, 5.74) is -0.203. The highest BCUT2D eigenvalue weighted by molar-refractivity contribution is 5.94. The highest BCUT2D eigenvalue weighted by Crippen LogP contribution is 2.13. The molecule has 0 aromatic heterocycles. The molecule has 1 aromatic carbocycles. The smallest absolute Gasteiger partial charge is 0.251 e. The molecule has 0 aliphatic heterocycles. The molecule has 0 bridgehead atoms. The molecule has 0 aliphatic rings. The molecule has 1 amide bonds. The van der Waals surface area contributed by atoms with Crippen molar-refractivity contribution in [3.63, 3.8) is 0 Å². The largest absolute Gasteiger partial charge is 0.352 e. The molecular weight excluding hydrogens is 279 g/mol. The lowest BCUT2D eigenvalue weighted by atomic mass is 10.0. The van der Waals surface area contributed by atoms with Crippen LogP contribution in [0.2, 0.25) is 0 Å². The summed E-state index contributed by atoms with van der Waals surface area (Å²) in [5.74, 6) is -4.15. The number of hydrogen-bond donors (Lipinski definition) is 1. The number of carbonyl (C=O) groups is 1. The van der Waals surface area contributed by atoms with Crippen molar-refractivity contribution in [2.75, 3.05) is 6.54 Å². The van der Waals surface area contributed by atoms with E-state index < -0.39 is 23.4 Å². The maximum atomic E-state index is 13.0. The minimum atomic E-state index is -1.56. The Balaban J connectivity index is 2.28. The molecule has 1 rings (SSSR count). The molecule has 1 N–H and O–H groups in total. The fourth-order valence-electron chi connectivity index (χ4n) is 2.02. The number of amides is 1. The van der Waals surface area contributed by atoms with E-state index in [4.69, 9.17) is 0 Å². The highest BCUT2D eigenvalue weighted by Gasteiger charge is 2.14. The van der Waals surface area contributed by atoms with Crippen molar-refractivity contribution in [2.24, 2.45) is 5.92 Å². The first-order valence-electron chi connectivity index (χ1n) is 7.34. The van der Waals surface area contributed by atoms with Crippen LogP contribution in [0.3, 0.4) is 0 Å². The SMILES string of the molecule is CC(C)CCCCCCNC(=O)c1cc(F)c(F)c(F)c1. The minimum absolute atomic E-state index is 0.203. The van der Waals surface area contributed by atoms with Crippen molar-refractivity contribution in [1.29, 1.82) is 0 Å². The summed E-state index contributed by atoms with van der Waals surface area (Å²) in [6.07, 6.45) is 5.28. The van der Waals surface area contributed by atoms with Gasteiger partial charge in [-0.1, -0.05) is 39.5 Å². The van der Waals surface area contributed by atoms with E-state index in [-0.39, 0.29) is 5.56 Å². The lowest BCUT2D eigenvalue weighted by molar-refractivity contribution is 0.0951. The average Bonchev–Trinajstić information content (AvgIpc) is 2.42. The summed E-state index contributed by atoms with van der Waals surface area (Å²) in [7, 11) is 0. The van der Waals surface area contributed by atoms with Crippen LogP contribution in [-0.4, -0.2) is 12.5 Å². The summed E-state index contributed by atoms with van der Waals surface area (Å²) in [6.45, 7) is 4.81. The fourth-order valence-corrected chi connectivity index (χ4v) is 2.02. The minimum Gasteiger partial charge on any atom is -0.352 e. The molecular formula is C16H22F3NO. The van der Waals surface area contributed by atoms with Crippen molar-refractivity contribution in [2.45, 2.75) is 46.0 Å². The topological polar surface area (TPSA) is 29.1 Å². The zero-order chi connectivity index (χ0) is 15.8. The van der Waals surface area contributed by atoms with Crippen LogP contribution >= 0.6 is 0 Å². The van der Waals surface area contributed by atoms with Gasteiger partial charge in [0, 0.05) is 12.1 Å². The van der Waals surface area contributed by atoms with Crippen LogP contribution in [-0.2, 0) is 0 Å². The van der Waals surface area contributed by atoms with Gasteiger partial charge >= 0.3 is 0 Å². The van der Waals surface area contributed by atoms with Gasteiger partial charge in [0.2, 0.25) is 0 Å². The van der Waals surface area contributed by atoms with Gasteiger partial charge in [-0.15, -0.1) is 0 Å². The second kappa shape index (κ2) is 8.70. The predicted molar refractivity (Wildman–Crippen MR) is 76.6 cm³/mol. The number of rotatable bonds is 8. The van der Waals surface area contributed by atoms with Crippen LogP contribution in [0.5, 0.6) is 0 Å². The summed E-state index contributed by atoms with van der Waals surface area (Å²) in [4.78, 5) is 11.7. The van der Waals surface area contributed by atoms with Crippen molar-refractivity contribution in [1.82, 2.24) is 5.32 Å². The Morgan fingerprint density at radius 2 is 1.62 bits per heavy atom.